The molecule has 1 rings (SSSR count). The summed E-state index contributed by atoms with van der Waals surface area (Å²) in [6, 6.07) is 4.74. The van der Waals surface area contributed by atoms with Crippen molar-refractivity contribution < 1.29 is 9.72 Å². The Balaban J connectivity index is 2.61. The van der Waals surface area contributed by atoms with Crippen LogP contribution in [-0.2, 0) is 4.79 Å². The van der Waals surface area contributed by atoms with Crippen molar-refractivity contribution in [1.82, 2.24) is 5.32 Å². The molecule has 0 fully saturated rings. The predicted octanol–water partition coefficient (Wildman–Crippen LogP) is 2.14. The molecular formula is C11H14IN3O3. The molecule has 1 aromatic carbocycles. The first-order chi connectivity index (χ1) is 8.40. The molecule has 0 saturated carbocycles. The molecule has 6 nitrogen and oxygen atoms in total. The van der Waals surface area contributed by atoms with Gasteiger partial charge in [0.25, 0.3) is 5.69 Å². The molecule has 0 aliphatic rings. The Kier molecular flexibility index (Phi) is 5.32. The van der Waals surface area contributed by atoms with Crippen LogP contribution in [0.3, 0.4) is 0 Å². The quantitative estimate of drug-likeness (QED) is 0.477. The zero-order chi connectivity index (χ0) is 13.7. The first kappa shape index (κ1) is 14.7. The number of benzene rings is 1. The van der Waals surface area contributed by atoms with Crippen molar-refractivity contribution in [3.05, 3.63) is 31.9 Å². The van der Waals surface area contributed by atoms with E-state index in [9.17, 15) is 14.9 Å². The van der Waals surface area contributed by atoms with Gasteiger partial charge in [0.2, 0.25) is 5.91 Å². The molecule has 0 aliphatic heterocycles. The largest absolute Gasteiger partial charge is 0.376 e. The topological polar surface area (TPSA) is 84.3 Å². The van der Waals surface area contributed by atoms with E-state index >= 15 is 0 Å². The van der Waals surface area contributed by atoms with Crippen LogP contribution in [0.25, 0.3) is 0 Å². The van der Waals surface area contributed by atoms with E-state index in [1.54, 1.807) is 12.1 Å². The summed E-state index contributed by atoms with van der Waals surface area (Å²) in [5.41, 5.74) is 0.747. The highest BCUT2D eigenvalue weighted by molar-refractivity contribution is 14.1. The van der Waals surface area contributed by atoms with Crippen LogP contribution in [0.1, 0.15) is 13.8 Å². The molecule has 18 heavy (non-hydrogen) atoms. The van der Waals surface area contributed by atoms with E-state index in [1.165, 1.54) is 6.07 Å². The smallest absolute Gasteiger partial charge is 0.282 e. The van der Waals surface area contributed by atoms with Gasteiger partial charge in [-0.3, -0.25) is 14.9 Å². The molecule has 7 heteroatoms. The molecule has 0 heterocycles. The lowest BCUT2D eigenvalue weighted by Crippen LogP contribution is -2.34. The summed E-state index contributed by atoms with van der Waals surface area (Å²) in [4.78, 5) is 21.6. The Bertz CT molecular complexity index is 463. The van der Waals surface area contributed by atoms with Gasteiger partial charge in [-0.05, 0) is 48.6 Å². The van der Waals surface area contributed by atoms with Crippen LogP contribution in [-0.4, -0.2) is 23.4 Å². The summed E-state index contributed by atoms with van der Waals surface area (Å²) in [7, 11) is 0. The molecule has 98 valence electrons. The van der Waals surface area contributed by atoms with Gasteiger partial charge in [0.05, 0.1) is 15.0 Å². The molecule has 1 aromatic rings. The average molecular weight is 363 g/mol. The third-order valence-corrected chi connectivity index (χ3v) is 2.91. The number of carbonyl (C=O) groups excluding carboxylic acids is 1. The van der Waals surface area contributed by atoms with E-state index in [0.29, 0.717) is 9.26 Å². The second-order valence-corrected chi connectivity index (χ2v) is 5.16. The highest BCUT2D eigenvalue weighted by atomic mass is 127. The monoisotopic (exact) mass is 363 g/mol. The van der Waals surface area contributed by atoms with E-state index in [1.807, 2.05) is 36.4 Å². The number of anilines is 1. The van der Waals surface area contributed by atoms with E-state index in [4.69, 9.17) is 0 Å². The van der Waals surface area contributed by atoms with Crippen LogP contribution in [0.4, 0.5) is 11.4 Å². The number of hydrogen-bond donors (Lipinski definition) is 2. The molecule has 0 atom stereocenters. The summed E-state index contributed by atoms with van der Waals surface area (Å²) in [6.45, 7) is 3.91. The second kappa shape index (κ2) is 6.53. The molecule has 0 aliphatic carbocycles. The van der Waals surface area contributed by atoms with Crippen LogP contribution in [0, 0.1) is 13.7 Å². The van der Waals surface area contributed by atoms with E-state index in [0.717, 1.165) is 0 Å². The Morgan fingerprint density at radius 1 is 1.50 bits per heavy atom. The SMILES string of the molecule is CC(C)NC(=O)CNc1ccc([N+](=O)[O-])c(I)c1. The van der Waals surface area contributed by atoms with Gasteiger partial charge in [0.1, 0.15) is 0 Å². The number of carbonyl (C=O) groups is 1. The highest BCUT2D eigenvalue weighted by Crippen LogP contribution is 2.23. The molecule has 0 unspecified atom stereocenters. The Hall–Kier alpha value is -1.38. The summed E-state index contributed by atoms with van der Waals surface area (Å²) < 4.78 is 0.534. The maximum atomic E-state index is 11.4. The molecular weight excluding hydrogens is 349 g/mol. The molecule has 0 radical (unpaired) electrons. The maximum absolute atomic E-state index is 11.4. The third kappa shape index (κ3) is 4.47. The molecule has 0 aromatic heterocycles. The van der Waals surface area contributed by atoms with E-state index < -0.39 is 4.92 Å². The summed E-state index contributed by atoms with van der Waals surface area (Å²) >= 11 is 1.90. The average Bonchev–Trinajstić information content (AvgIpc) is 2.25. The van der Waals surface area contributed by atoms with Crippen molar-refractivity contribution in [2.45, 2.75) is 19.9 Å². The van der Waals surface area contributed by atoms with Gasteiger partial charge in [-0.2, -0.15) is 0 Å². The number of nitrogens with one attached hydrogen (secondary N) is 2. The van der Waals surface area contributed by atoms with Gasteiger partial charge in [0, 0.05) is 17.8 Å². The van der Waals surface area contributed by atoms with Crippen LogP contribution in [0.2, 0.25) is 0 Å². The minimum atomic E-state index is -0.434. The fourth-order valence-corrected chi connectivity index (χ4v) is 2.03. The standard InChI is InChI=1S/C11H14IN3O3/c1-7(2)14-11(16)6-13-8-3-4-10(15(17)18)9(12)5-8/h3-5,7,13H,6H2,1-2H3,(H,14,16). The van der Waals surface area contributed by atoms with Crippen molar-refractivity contribution in [2.75, 3.05) is 11.9 Å². The molecule has 0 spiro atoms. The molecule has 0 saturated heterocycles. The van der Waals surface area contributed by atoms with Crippen LogP contribution in [0.5, 0.6) is 0 Å². The zero-order valence-corrected chi connectivity index (χ0v) is 12.2. The minimum absolute atomic E-state index is 0.0628. The first-order valence-corrected chi connectivity index (χ1v) is 6.45. The highest BCUT2D eigenvalue weighted by Gasteiger charge is 2.11. The van der Waals surface area contributed by atoms with Crippen molar-refractivity contribution in [2.24, 2.45) is 0 Å². The lowest BCUT2D eigenvalue weighted by molar-refractivity contribution is -0.385. The number of nitro benzene ring substituents is 1. The van der Waals surface area contributed by atoms with Gasteiger partial charge < -0.3 is 10.6 Å². The van der Waals surface area contributed by atoms with Crippen molar-refractivity contribution >= 4 is 39.9 Å². The van der Waals surface area contributed by atoms with Crippen LogP contribution >= 0.6 is 22.6 Å². The summed E-state index contributed by atoms with van der Waals surface area (Å²) in [5.74, 6) is -0.113. The van der Waals surface area contributed by atoms with Gasteiger partial charge in [-0.25, -0.2) is 0 Å². The van der Waals surface area contributed by atoms with E-state index in [-0.39, 0.29) is 24.2 Å². The molecule has 1 amide bonds. The Morgan fingerprint density at radius 2 is 2.17 bits per heavy atom. The van der Waals surface area contributed by atoms with E-state index in [2.05, 4.69) is 10.6 Å². The molecule has 2 N–H and O–H groups in total. The molecule has 0 bridgehead atoms. The third-order valence-electron chi connectivity index (χ3n) is 2.05. The fourth-order valence-electron chi connectivity index (χ4n) is 1.32. The minimum Gasteiger partial charge on any atom is -0.376 e. The number of halogens is 1. The van der Waals surface area contributed by atoms with Crippen molar-refractivity contribution in [3.63, 3.8) is 0 Å². The normalized spacial score (nSPS) is 10.2. The summed E-state index contributed by atoms with van der Waals surface area (Å²) in [5, 5.41) is 16.3. The number of nitrogens with zero attached hydrogens (tertiary/aromatic N) is 1. The van der Waals surface area contributed by atoms with Gasteiger partial charge >= 0.3 is 0 Å². The summed E-state index contributed by atoms with van der Waals surface area (Å²) in [6.07, 6.45) is 0. The van der Waals surface area contributed by atoms with Crippen molar-refractivity contribution in [1.29, 1.82) is 0 Å². The van der Waals surface area contributed by atoms with Gasteiger partial charge in [-0.15, -0.1) is 0 Å². The number of amides is 1. The second-order valence-electron chi connectivity index (χ2n) is 4.00. The Labute approximate surface area is 118 Å². The first-order valence-electron chi connectivity index (χ1n) is 5.37. The maximum Gasteiger partial charge on any atom is 0.282 e. The number of nitro groups is 1. The van der Waals surface area contributed by atoms with Gasteiger partial charge in [-0.1, -0.05) is 0 Å². The van der Waals surface area contributed by atoms with Gasteiger partial charge in [0.15, 0.2) is 0 Å². The van der Waals surface area contributed by atoms with Crippen molar-refractivity contribution in [3.8, 4) is 0 Å². The van der Waals surface area contributed by atoms with Crippen LogP contribution < -0.4 is 10.6 Å². The number of rotatable bonds is 5. The predicted molar refractivity (Wildman–Crippen MR) is 77.6 cm³/mol. The lowest BCUT2D eigenvalue weighted by atomic mass is 10.3. The zero-order valence-electron chi connectivity index (χ0n) is 10.1. The Morgan fingerprint density at radius 3 is 2.67 bits per heavy atom. The van der Waals surface area contributed by atoms with Crippen LogP contribution in [0.15, 0.2) is 18.2 Å². The lowest BCUT2D eigenvalue weighted by Gasteiger charge is -2.10. The number of hydrogen-bond acceptors (Lipinski definition) is 4. The fraction of sp³-hybridized carbons (Fsp3) is 0.364.